The summed E-state index contributed by atoms with van der Waals surface area (Å²) in [4.78, 5) is 13.6. The Morgan fingerprint density at radius 1 is 0.967 bits per heavy atom. The van der Waals surface area contributed by atoms with Crippen LogP contribution in [0.25, 0.3) is 0 Å². The van der Waals surface area contributed by atoms with Crippen LogP contribution in [0.15, 0.2) is 58.3 Å². The van der Waals surface area contributed by atoms with Crippen LogP contribution in [-0.2, 0) is 14.9 Å². The van der Waals surface area contributed by atoms with Gasteiger partial charge in [-0.15, -0.1) is 0 Å². The monoisotopic (exact) mass is 422 g/mol. The Hall–Kier alpha value is -1.94. The van der Waals surface area contributed by atoms with E-state index in [0.717, 1.165) is 34.3 Å². The minimum atomic E-state index is -0.314. The minimum Gasteiger partial charge on any atom is -0.456 e. The Morgan fingerprint density at radius 2 is 1.63 bits per heavy atom. The van der Waals surface area contributed by atoms with Gasteiger partial charge in [0.25, 0.3) is 0 Å². The number of esters is 1. The molecule has 4 saturated carbocycles. The van der Waals surface area contributed by atoms with Crippen molar-refractivity contribution in [3.8, 4) is 5.75 Å². The molecule has 0 heterocycles. The summed E-state index contributed by atoms with van der Waals surface area (Å²) in [5, 5.41) is 0. The molecular formula is C26H30O3S. The molecular weight excluding hydrogens is 392 g/mol. The maximum Gasteiger partial charge on any atom is 0.305 e. The highest BCUT2D eigenvalue weighted by atomic mass is 32.2. The molecule has 4 heteroatoms. The van der Waals surface area contributed by atoms with Gasteiger partial charge in [-0.3, -0.25) is 4.79 Å². The summed E-state index contributed by atoms with van der Waals surface area (Å²) in [5.41, 5.74) is 1.44. The zero-order chi connectivity index (χ0) is 20.7. The molecule has 4 fully saturated rings. The number of rotatable bonds is 6. The van der Waals surface area contributed by atoms with Crippen molar-refractivity contribution in [2.45, 2.75) is 61.2 Å². The summed E-state index contributed by atoms with van der Waals surface area (Å²) in [6.45, 7) is 3.87. The van der Waals surface area contributed by atoms with Crippen LogP contribution in [0.1, 0.15) is 51.5 Å². The third-order valence-electron chi connectivity index (χ3n) is 7.83. The summed E-state index contributed by atoms with van der Waals surface area (Å²) in [6, 6.07) is 17.0. The summed E-state index contributed by atoms with van der Waals surface area (Å²) < 4.78 is 11.4. The van der Waals surface area contributed by atoms with E-state index in [1.165, 1.54) is 49.5 Å². The van der Waals surface area contributed by atoms with E-state index in [9.17, 15) is 4.79 Å². The van der Waals surface area contributed by atoms with Gasteiger partial charge in [0, 0.05) is 22.8 Å². The van der Waals surface area contributed by atoms with E-state index in [0.29, 0.717) is 0 Å². The van der Waals surface area contributed by atoms with Crippen LogP contribution < -0.4 is 4.74 Å². The van der Waals surface area contributed by atoms with Crippen molar-refractivity contribution in [2.24, 2.45) is 23.7 Å². The number of carbonyl (C=O) groups excluding carboxylic acids is 1. The van der Waals surface area contributed by atoms with Crippen molar-refractivity contribution in [2.75, 3.05) is 6.79 Å². The van der Waals surface area contributed by atoms with Crippen LogP contribution in [0, 0.1) is 23.7 Å². The van der Waals surface area contributed by atoms with E-state index in [1.807, 2.05) is 6.07 Å². The van der Waals surface area contributed by atoms with Gasteiger partial charge in [-0.05, 0) is 74.0 Å². The van der Waals surface area contributed by atoms with E-state index in [1.54, 1.807) is 11.8 Å². The topological polar surface area (TPSA) is 35.5 Å². The van der Waals surface area contributed by atoms with Gasteiger partial charge >= 0.3 is 5.97 Å². The summed E-state index contributed by atoms with van der Waals surface area (Å²) >= 11 is 1.72. The quantitative estimate of drug-likeness (QED) is 0.396. The Kier molecular flexibility index (Phi) is 5.30. The Bertz CT molecular complexity index is 895. The molecule has 0 aliphatic heterocycles. The normalized spacial score (nSPS) is 31.5. The summed E-state index contributed by atoms with van der Waals surface area (Å²) in [6.07, 6.45) is 6.85. The molecule has 2 aromatic rings. The molecule has 0 aromatic heterocycles. The van der Waals surface area contributed by atoms with Gasteiger partial charge in [0.05, 0.1) is 4.90 Å². The number of benzene rings is 2. The number of ether oxygens (including phenoxy) is 2. The molecule has 4 aliphatic rings. The van der Waals surface area contributed by atoms with Crippen molar-refractivity contribution >= 4 is 17.7 Å². The SMILES string of the molecule is CC(=O)OCOc1c(Sc2ccccc2)cccc1C1(C)C2CC3CC(C2)CC1C3. The lowest BCUT2D eigenvalue weighted by Gasteiger charge is -2.60. The van der Waals surface area contributed by atoms with Crippen LogP contribution in [-0.4, -0.2) is 12.8 Å². The summed E-state index contributed by atoms with van der Waals surface area (Å²) in [5.74, 6) is 3.89. The third kappa shape index (κ3) is 3.53. The Balaban J connectivity index is 1.53. The average molecular weight is 423 g/mol. The summed E-state index contributed by atoms with van der Waals surface area (Å²) in [7, 11) is 0. The molecule has 0 N–H and O–H groups in total. The highest BCUT2D eigenvalue weighted by Gasteiger charge is 2.56. The van der Waals surface area contributed by atoms with E-state index in [-0.39, 0.29) is 18.2 Å². The molecule has 2 aromatic carbocycles. The number of hydrogen-bond acceptors (Lipinski definition) is 4. The van der Waals surface area contributed by atoms with Crippen LogP contribution >= 0.6 is 11.8 Å². The molecule has 3 nitrogen and oxygen atoms in total. The molecule has 0 amide bonds. The smallest absolute Gasteiger partial charge is 0.305 e. The molecule has 158 valence electrons. The zero-order valence-electron chi connectivity index (χ0n) is 17.8. The molecule has 4 aliphatic carbocycles. The second kappa shape index (κ2) is 7.96. The van der Waals surface area contributed by atoms with Gasteiger partial charge in [0.2, 0.25) is 6.79 Å². The molecule has 0 radical (unpaired) electrons. The lowest BCUT2D eigenvalue weighted by Crippen LogP contribution is -2.54. The predicted molar refractivity (Wildman–Crippen MR) is 119 cm³/mol. The van der Waals surface area contributed by atoms with E-state index in [4.69, 9.17) is 9.47 Å². The largest absolute Gasteiger partial charge is 0.456 e. The van der Waals surface area contributed by atoms with Gasteiger partial charge in [-0.1, -0.05) is 49.0 Å². The number of para-hydroxylation sites is 1. The third-order valence-corrected chi connectivity index (χ3v) is 8.88. The standard InChI is InChI=1S/C26H30O3S/c1-17(27)28-16-29-25-23(9-6-10-24(25)30-22-7-4-3-5-8-22)26(2)20-12-18-11-19(14-20)15-21(26)13-18/h3-10,18-21H,11-16H2,1-2H3. The van der Waals surface area contributed by atoms with E-state index < -0.39 is 0 Å². The fraction of sp³-hybridized carbons (Fsp3) is 0.500. The van der Waals surface area contributed by atoms with Crippen molar-refractivity contribution in [3.63, 3.8) is 0 Å². The van der Waals surface area contributed by atoms with Gasteiger partial charge < -0.3 is 9.47 Å². The van der Waals surface area contributed by atoms with Crippen molar-refractivity contribution in [1.82, 2.24) is 0 Å². The zero-order valence-corrected chi connectivity index (χ0v) is 18.6. The molecule has 30 heavy (non-hydrogen) atoms. The second-order valence-electron chi connectivity index (χ2n) is 9.53. The van der Waals surface area contributed by atoms with E-state index >= 15 is 0 Å². The lowest BCUT2D eigenvalue weighted by atomic mass is 9.44. The highest BCUT2D eigenvalue weighted by Crippen LogP contribution is 2.64. The van der Waals surface area contributed by atoms with Gasteiger partial charge in [-0.25, -0.2) is 0 Å². The molecule has 6 rings (SSSR count). The lowest BCUT2D eigenvalue weighted by molar-refractivity contribution is -0.147. The fourth-order valence-corrected chi connectivity index (χ4v) is 7.51. The molecule has 0 saturated heterocycles. The minimum absolute atomic E-state index is 0.0363. The van der Waals surface area contributed by atoms with Crippen LogP contribution in [0.2, 0.25) is 0 Å². The van der Waals surface area contributed by atoms with Crippen molar-refractivity contribution in [3.05, 3.63) is 54.1 Å². The predicted octanol–water partition coefficient (Wildman–Crippen LogP) is 6.45. The maximum atomic E-state index is 11.4. The van der Waals surface area contributed by atoms with Crippen LogP contribution in [0.4, 0.5) is 0 Å². The van der Waals surface area contributed by atoms with Gasteiger partial charge in [0.1, 0.15) is 5.75 Å². The average Bonchev–Trinajstić information content (AvgIpc) is 2.73. The first-order valence-electron chi connectivity index (χ1n) is 11.2. The Labute approximate surface area is 183 Å². The first-order valence-corrected chi connectivity index (χ1v) is 12.0. The number of carbonyl (C=O) groups is 1. The van der Waals surface area contributed by atoms with Gasteiger partial charge in [0.15, 0.2) is 0 Å². The molecule has 0 atom stereocenters. The van der Waals surface area contributed by atoms with E-state index in [2.05, 4.69) is 49.4 Å². The maximum absolute atomic E-state index is 11.4. The first kappa shape index (κ1) is 20.0. The fourth-order valence-electron chi connectivity index (χ4n) is 6.56. The number of hydrogen-bond donors (Lipinski definition) is 0. The van der Waals surface area contributed by atoms with Gasteiger partial charge in [-0.2, -0.15) is 0 Å². The highest BCUT2D eigenvalue weighted by molar-refractivity contribution is 7.99. The second-order valence-corrected chi connectivity index (χ2v) is 10.6. The van der Waals surface area contributed by atoms with Crippen molar-refractivity contribution in [1.29, 1.82) is 0 Å². The molecule has 0 spiro atoms. The van der Waals surface area contributed by atoms with Crippen LogP contribution in [0.3, 0.4) is 0 Å². The van der Waals surface area contributed by atoms with Crippen LogP contribution in [0.5, 0.6) is 5.75 Å². The van der Waals surface area contributed by atoms with Crippen molar-refractivity contribution < 1.29 is 14.3 Å². The molecule has 4 bridgehead atoms. The first-order chi connectivity index (χ1) is 14.5. The Morgan fingerprint density at radius 3 is 2.27 bits per heavy atom. The molecule has 0 unspecified atom stereocenters.